The number of rotatable bonds is 7. The van der Waals surface area contributed by atoms with E-state index in [-0.39, 0.29) is 6.42 Å². The second-order valence-electron chi connectivity index (χ2n) is 4.76. The molecular formula is C11H20N2O6S. The number of nitrogens with one attached hydrogen (secondary N) is 1. The molecule has 0 saturated carbocycles. The van der Waals surface area contributed by atoms with Crippen LogP contribution in [0.25, 0.3) is 0 Å². The summed E-state index contributed by atoms with van der Waals surface area (Å²) in [5.74, 6) is -2.53. The van der Waals surface area contributed by atoms with E-state index in [1.807, 2.05) is 0 Å². The van der Waals surface area contributed by atoms with Gasteiger partial charge >= 0.3 is 11.9 Å². The van der Waals surface area contributed by atoms with E-state index < -0.39 is 34.6 Å². The summed E-state index contributed by atoms with van der Waals surface area (Å²) in [4.78, 5) is 21.5. The molecule has 1 heterocycles. The van der Waals surface area contributed by atoms with Gasteiger partial charge in [0, 0.05) is 19.5 Å². The van der Waals surface area contributed by atoms with E-state index in [0.717, 1.165) is 25.7 Å². The first-order valence-electron chi connectivity index (χ1n) is 6.55. The van der Waals surface area contributed by atoms with Crippen molar-refractivity contribution in [3.8, 4) is 0 Å². The van der Waals surface area contributed by atoms with Crippen molar-refractivity contribution >= 4 is 22.1 Å². The van der Waals surface area contributed by atoms with Gasteiger partial charge in [0.15, 0.2) is 0 Å². The average molecular weight is 308 g/mol. The number of carbonyl (C=O) groups is 2. The fourth-order valence-corrected chi connectivity index (χ4v) is 3.50. The van der Waals surface area contributed by atoms with E-state index in [1.165, 1.54) is 4.31 Å². The number of aliphatic carboxylic acids is 2. The maximum atomic E-state index is 12.1. The molecule has 0 aromatic heterocycles. The molecular weight excluding hydrogens is 288 g/mol. The molecule has 0 bridgehead atoms. The Balaban J connectivity index is 2.69. The zero-order chi connectivity index (χ0) is 15.2. The molecule has 0 amide bonds. The molecule has 1 atom stereocenters. The van der Waals surface area contributed by atoms with E-state index in [4.69, 9.17) is 10.2 Å². The number of hydrogen-bond acceptors (Lipinski definition) is 4. The van der Waals surface area contributed by atoms with Gasteiger partial charge < -0.3 is 10.2 Å². The van der Waals surface area contributed by atoms with Gasteiger partial charge in [0.25, 0.3) is 10.2 Å². The van der Waals surface area contributed by atoms with Gasteiger partial charge in [-0.05, 0) is 19.3 Å². The SMILES string of the molecule is O=C(O)CCC(NS(=O)(=O)N1CCCCCC1)C(=O)O. The third-order valence-electron chi connectivity index (χ3n) is 3.14. The van der Waals surface area contributed by atoms with Gasteiger partial charge in [0.1, 0.15) is 6.04 Å². The Hall–Kier alpha value is -1.19. The number of hydrogen-bond donors (Lipinski definition) is 3. The summed E-state index contributed by atoms with van der Waals surface area (Å²) in [7, 11) is -3.89. The topological polar surface area (TPSA) is 124 Å². The Bertz CT molecular complexity index is 442. The Morgan fingerprint density at radius 2 is 1.65 bits per heavy atom. The monoisotopic (exact) mass is 308 g/mol. The van der Waals surface area contributed by atoms with Crippen molar-refractivity contribution in [1.82, 2.24) is 9.03 Å². The van der Waals surface area contributed by atoms with Crippen LogP contribution in [0.4, 0.5) is 0 Å². The maximum absolute atomic E-state index is 12.1. The molecule has 1 rings (SSSR count). The number of carboxylic acid groups (broad SMARTS) is 2. The van der Waals surface area contributed by atoms with Gasteiger partial charge in [-0.1, -0.05) is 12.8 Å². The quantitative estimate of drug-likeness (QED) is 0.609. The Morgan fingerprint density at radius 1 is 1.10 bits per heavy atom. The second-order valence-corrected chi connectivity index (χ2v) is 6.46. The highest BCUT2D eigenvalue weighted by atomic mass is 32.2. The van der Waals surface area contributed by atoms with Crippen molar-refractivity contribution in [2.45, 2.75) is 44.6 Å². The lowest BCUT2D eigenvalue weighted by molar-refractivity contribution is -0.140. The Labute approximate surface area is 118 Å². The molecule has 0 aliphatic carbocycles. The minimum absolute atomic E-state index is 0.280. The molecule has 116 valence electrons. The molecule has 1 fully saturated rings. The highest BCUT2D eigenvalue weighted by Crippen LogP contribution is 2.13. The van der Waals surface area contributed by atoms with Crippen molar-refractivity contribution in [3.63, 3.8) is 0 Å². The van der Waals surface area contributed by atoms with Crippen molar-refractivity contribution < 1.29 is 28.2 Å². The van der Waals surface area contributed by atoms with Crippen LogP contribution < -0.4 is 4.72 Å². The van der Waals surface area contributed by atoms with Crippen molar-refractivity contribution in [3.05, 3.63) is 0 Å². The van der Waals surface area contributed by atoms with Gasteiger partial charge in [-0.15, -0.1) is 0 Å². The van der Waals surface area contributed by atoms with Gasteiger partial charge in [-0.2, -0.15) is 17.4 Å². The van der Waals surface area contributed by atoms with E-state index in [9.17, 15) is 18.0 Å². The van der Waals surface area contributed by atoms with Crippen LogP contribution in [0.15, 0.2) is 0 Å². The number of carboxylic acids is 2. The van der Waals surface area contributed by atoms with Crippen molar-refractivity contribution in [1.29, 1.82) is 0 Å². The molecule has 0 aromatic rings. The van der Waals surface area contributed by atoms with E-state index in [1.54, 1.807) is 0 Å². The summed E-state index contributed by atoms with van der Waals surface area (Å²) >= 11 is 0. The van der Waals surface area contributed by atoms with Gasteiger partial charge in [-0.25, -0.2) is 0 Å². The van der Waals surface area contributed by atoms with E-state index in [0.29, 0.717) is 13.1 Å². The van der Waals surface area contributed by atoms with Crippen LogP contribution in [0.2, 0.25) is 0 Å². The first-order chi connectivity index (χ1) is 9.33. The van der Waals surface area contributed by atoms with Crippen LogP contribution in [-0.4, -0.2) is 54.0 Å². The third-order valence-corrected chi connectivity index (χ3v) is 4.77. The average Bonchev–Trinajstić information content (AvgIpc) is 2.63. The molecule has 9 heteroatoms. The predicted octanol–water partition coefficient (Wildman–Crippen LogP) is 0.0148. The zero-order valence-corrected chi connectivity index (χ0v) is 11.9. The summed E-state index contributed by atoms with van der Waals surface area (Å²) in [5, 5.41) is 17.5. The fourth-order valence-electron chi connectivity index (χ4n) is 2.04. The van der Waals surface area contributed by atoms with Crippen LogP contribution in [0.5, 0.6) is 0 Å². The van der Waals surface area contributed by atoms with Gasteiger partial charge in [0.05, 0.1) is 0 Å². The summed E-state index contributed by atoms with van der Waals surface area (Å²) in [6.45, 7) is 0.723. The molecule has 1 aliphatic rings. The lowest BCUT2D eigenvalue weighted by Crippen LogP contribution is -2.48. The smallest absolute Gasteiger partial charge is 0.321 e. The summed E-state index contributed by atoms with van der Waals surface area (Å²) in [6, 6.07) is -1.42. The molecule has 0 aromatic carbocycles. The normalized spacial score (nSPS) is 19.2. The first-order valence-corrected chi connectivity index (χ1v) is 7.99. The summed E-state index contributed by atoms with van der Waals surface area (Å²) in [6.07, 6.45) is 2.71. The summed E-state index contributed by atoms with van der Waals surface area (Å²) in [5.41, 5.74) is 0. The van der Waals surface area contributed by atoms with E-state index >= 15 is 0 Å². The highest BCUT2D eigenvalue weighted by molar-refractivity contribution is 7.87. The molecule has 8 nitrogen and oxygen atoms in total. The molecule has 0 radical (unpaired) electrons. The van der Waals surface area contributed by atoms with Gasteiger partial charge in [-0.3, -0.25) is 9.59 Å². The molecule has 1 saturated heterocycles. The Kier molecular flexibility index (Phi) is 6.37. The van der Waals surface area contributed by atoms with Gasteiger partial charge in [0.2, 0.25) is 0 Å². The zero-order valence-electron chi connectivity index (χ0n) is 11.1. The molecule has 1 unspecified atom stereocenters. The highest BCUT2D eigenvalue weighted by Gasteiger charge is 2.29. The standard InChI is InChI=1S/C11H20N2O6S/c14-10(15)6-5-9(11(16)17)12-20(18,19)13-7-3-1-2-4-8-13/h9,12H,1-8H2,(H,14,15)(H,16,17). The third kappa shape index (κ3) is 5.43. The Morgan fingerprint density at radius 3 is 2.10 bits per heavy atom. The first kappa shape index (κ1) is 16.9. The predicted molar refractivity (Wildman–Crippen MR) is 70.4 cm³/mol. The van der Waals surface area contributed by atoms with Crippen LogP contribution in [0.3, 0.4) is 0 Å². The largest absolute Gasteiger partial charge is 0.481 e. The lowest BCUT2D eigenvalue weighted by atomic mass is 10.2. The second kappa shape index (κ2) is 7.55. The molecule has 20 heavy (non-hydrogen) atoms. The van der Waals surface area contributed by atoms with E-state index in [2.05, 4.69) is 4.72 Å². The molecule has 1 aliphatic heterocycles. The molecule has 0 spiro atoms. The van der Waals surface area contributed by atoms with Crippen LogP contribution in [0, 0.1) is 0 Å². The van der Waals surface area contributed by atoms with Crippen molar-refractivity contribution in [2.24, 2.45) is 0 Å². The van der Waals surface area contributed by atoms with Crippen LogP contribution in [-0.2, 0) is 19.8 Å². The minimum atomic E-state index is -3.89. The van der Waals surface area contributed by atoms with Crippen LogP contribution >= 0.6 is 0 Å². The minimum Gasteiger partial charge on any atom is -0.481 e. The number of nitrogens with zero attached hydrogens (tertiary/aromatic N) is 1. The van der Waals surface area contributed by atoms with Crippen molar-refractivity contribution in [2.75, 3.05) is 13.1 Å². The maximum Gasteiger partial charge on any atom is 0.321 e. The summed E-state index contributed by atoms with van der Waals surface area (Å²) < 4.78 is 27.5. The molecule has 3 N–H and O–H groups in total. The fraction of sp³-hybridized carbons (Fsp3) is 0.818. The van der Waals surface area contributed by atoms with Crippen LogP contribution in [0.1, 0.15) is 38.5 Å². The lowest BCUT2D eigenvalue weighted by Gasteiger charge is -2.22.